The van der Waals surface area contributed by atoms with Gasteiger partial charge in [0.1, 0.15) is 10.7 Å². The van der Waals surface area contributed by atoms with E-state index in [2.05, 4.69) is 9.71 Å². The van der Waals surface area contributed by atoms with E-state index >= 15 is 0 Å². The summed E-state index contributed by atoms with van der Waals surface area (Å²) in [7, 11) is -3.46. The van der Waals surface area contributed by atoms with Crippen molar-refractivity contribution in [3.8, 4) is 0 Å². The summed E-state index contributed by atoms with van der Waals surface area (Å²) in [6.45, 7) is 3.08. The molecule has 0 bridgehead atoms. The molecule has 0 radical (unpaired) electrons. The Morgan fingerprint density at radius 3 is 2.71 bits per heavy atom. The van der Waals surface area contributed by atoms with Crippen molar-refractivity contribution in [1.29, 1.82) is 0 Å². The van der Waals surface area contributed by atoms with Gasteiger partial charge in [-0.05, 0) is 44.2 Å². The first-order chi connectivity index (χ1) is 9.95. The molecule has 3 rings (SSSR count). The van der Waals surface area contributed by atoms with Crippen LogP contribution in [0, 0.1) is 5.92 Å². The highest BCUT2D eigenvalue weighted by atomic mass is 32.2. The van der Waals surface area contributed by atoms with E-state index in [1.807, 2.05) is 11.8 Å². The third-order valence-corrected chi connectivity index (χ3v) is 5.55. The Bertz CT molecular complexity index is 598. The van der Waals surface area contributed by atoms with Gasteiger partial charge < -0.3 is 10.0 Å². The van der Waals surface area contributed by atoms with Gasteiger partial charge in [-0.2, -0.15) is 0 Å². The number of aliphatic hydroxyl groups excluding tert-OH is 1. The lowest BCUT2D eigenvalue weighted by Crippen LogP contribution is -2.29. The number of rotatable bonds is 5. The summed E-state index contributed by atoms with van der Waals surface area (Å²) in [6, 6.07) is 3.50. The van der Waals surface area contributed by atoms with Gasteiger partial charge in [0.15, 0.2) is 0 Å². The maximum absolute atomic E-state index is 12.1. The molecule has 1 saturated heterocycles. The summed E-state index contributed by atoms with van der Waals surface area (Å²) in [5.74, 6) is 1.21. The Labute approximate surface area is 125 Å². The molecule has 2 heterocycles. The molecule has 1 saturated carbocycles. The van der Waals surface area contributed by atoms with Gasteiger partial charge in [-0.25, -0.2) is 18.1 Å². The Balaban J connectivity index is 1.71. The first-order valence-electron chi connectivity index (χ1n) is 7.36. The average molecular weight is 311 g/mol. The predicted octanol–water partition coefficient (Wildman–Crippen LogP) is 0.729. The van der Waals surface area contributed by atoms with Crippen LogP contribution in [0.2, 0.25) is 0 Å². The normalized spacial score (nSPS) is 26.3. The van der Waals surface area contributed by atoms with Crippen molar-refractivity contribution in [2.45, 2.75) is 43.2 Å². The first-order valence-corrected chi connectivity index (χ1v) is 8.84. The van der Waals surface area contributed by atoms with Crippen molar-refractivity contribution in [3.05, 3.63) is 18.3 Å². The van der Waals surface area contributed by atoms with Crippen molar-refractivity contribution < 1.29 is 13.5 Å². The molecule has 7 heteroatoms. The van der Waals surface area contributed by atoms with Crippen LogP contribution in [0.3, 0.4) is 0 Å². The van der Waals surface area contributed by atoms with Crippen LogP contribution in [0.25, 0.3) is 0 Å². The second-order valence-corrected chi connectivity index (χ2v) is 7.81. The Hall–Kier alpha value is -1.18. The van der Waals surface area contributed by atoms with Crippen LogP contribution in [0.15, 0.2) is 23.2 Å². The summed E-state index contributed by atoms with van der Waals surface area (Å²) in [6.07, 6.45) is 3.97. The summed E-state index contributed by atoms with van der Waals surface area (Å²) >= 11 is 0. The number of hydrogen-bond acceptors (Lipinski definition) is 5. The minimum absolute atomic E-state index is 0.194. The number of β-amino-alcohol motifs (C(OH)–C–C–N with tert-alkyl or cyclic N) is 1. The molecule has 1 aliphatic heterocycles. The molecule has 1 aromatic rings. The third kappa shape index (κ3) is 3.36. The Kier molecular flexibility index (Phi) is 3.90. The highest BCUT2D eigenvalue weighted by molar-refractivity contribution is 7.89. The summed E-state index contributed by atoms with van der Waals surface area (Å²) in [4.78, 5) is 6.44. The highest BCUT2D eigenvalue weighted by Crippen LogP contribution is 2.28. The first kappa shape index (κ1) is 14.7. The van der Waals surface area contributed by atoms with E-state index < -0.39 is 10.0 Å². The lowest BCUT2D eigenvalue weighted by atomic mass is 10.2. The smallest absolute Gasteiger partial charge is 0.242 e. The predicted molar refractivity (Wildman–Crippen MR) is 79.6 cm³/mol. The molecule has 0 aromatic carbocycles. The average Bonchev–Trinajstić information content (AvgIpc) is 3.21. The van der Waals surface area contributed by atoms with Gasteiger partial charge in [0.05, 0.1) is 6.10 Å². The van der Waals surface area contributed by atoms with E-state index in [1.54, 1.807) is 12.1 Å². The van der Waals surface area contributed by atoms with Crippen LogP contribution in [0.5, 0.6) is 0 Å². The van der Waals surface area contributed by atoms with Gasteiger partial charge in [-0.1, -0.05) is 0 Å². The molecule has 2 aliphatic rings. The zero-order chi connectivity index (χ0) is 15.0. The van der Waals surface area contributed by atoms with Crippen LogP contribution in [-0.4, -0.2) is 43.7 Å². The number of aliphatic hydroxyl groups is 1. The van der Waals surface area contributed by atoms with Crippen LogP contribution in [-0.2, 0) is 10.0 Å². The lowest BCUT2D eigenvalue weighted by Gasteiger charge is -2.22. The third-order valence-electron chi connectivity index (χ3n) is 4.14. The van der Waals surface area contributed by atoms with Gasteiger partial charge >= 0.3 is 0 Å². The second-order valence-electron chi connectivity index (χ2n) is 6.04. The molecular formula is C14H21N3O3S. The molecule has 21 heavy (non-hydrogen) atoms. The van der Waals surface area contributed by atoms with E-state index in [9.17, 15) is 13.5 Å². The standard InChI is InChI=1S/C14H21N3O3S/c1-10-6-12(18)9-17(10)14-5-4-13(8-15-14)21(19,20)16-7-11-2-3-11/h4-5,8,10-12,16,18H,2-3,6-7,9H2,1H3/t10-,12-/m1/s1. The van der Waals surface area contributed by atoms with Crippen LogP contribution in [0.1, 0.15) is 26.2 Å². The number of anilines is 1. The van der Waals surface area contributed by atoms with E-state index in [1.165, 1.54) is 6.20 Å². The fourth-order valence-electron chi connectivity index (χ4n) is 2.66. The zero-order valence-electron chi connectivity index (χ0n) is 12.1. The molecule has 0 spiro atoms. The van der Waals surface area contributed by atoms with Crippen molar-refractivity contribution in [2.75, 3.05) is 18.0 Å². The van der Waals surface area contributed by atoms with Gasteiger partial charge in [0, 0.05) is 25.3 Å². The van der Waals surface area contributed by atoms with Gasteiger partial charge in [-0.3, -0.25) is 0 Å². The second kappa shape index (κ2) is 5.55. The monoisotopic (exact) mass is 311 g/mol. The van der Waals surface area contributed by atoms with Crippen LogP contribution in [0.4, 0.5) is 5.82 Å². The lowest BCUT2D eigenvalue weighted by molar-refractivity contribution is 0.195. The fraction of sp³-hybridized carbons (Fsp3) is 0.643. The van der Waals surface area contributed by atoms with E-state index in [0.717, 1.165) is 12.8 Å². The number of aromatic nitrogens is 1. The summed E-state index contributed by atoms with van der Waals surface area (Å²) in [5, 5.41) is 9.67. The van der Waals surface area contributed by atoms with Crippen molar-refractivity contribution >= 4 is 15.8 Å². The largest absolute Gasteiger partial charge is 0.391 e. The molecule has 0 amide bonds. The molecule has 2 N–H and O–H groups in total. The Morgan fingerprint density at radius 2 is 2.19 bits per heavy atom. The number of sulfonamides is 1. The van der Waals surface area contributed by atoms with Crippen molar-refractivity contribution in [3.63, 3.8) is 0 Å². The highest BCUT2D eigenvalue weighted by Gasteiger charge is 2.29. The maximum Gasteiger partial charge on any atom is 0.242 e. The summed E-state index contributed by atoms with van der Waals surface area (Å²) in [5.41, 5.74) is 0. The van der Waals surface area contributed by atoms with E-state index in [4.69, 9.17) is 0 Å². The SMILES string of the molecule is C[C@@H]1C[C@@H](O)CN1c1ccc(S(=O)(=O)NCC2CC2)cn1. The van der Waals surface area contributed by atoms with Gasteiger partial charge in [0.25, 0.3) is 0 Å². The van der Waals surface area contributed by atoms with Crippen molar-refractivity contribution in [2.24, 2.45) is 5.92 Å². The minimum Gasteiger partial charge on any atom is -0.391 e. The molecule has 6 nitrogen and oxygen atoms in total. The van der Waals surface area contributed by atoms with E-state index in [0.29, 0.717) is 31.2 Å². The summed E-state index contributed by atoms with van der Waals surface area (Å²) < 4.78 is 26.8. The molecule has 1 aromatic heterocycles. The quantitative estimate of drug-likeness (QED) is 0.838. The zero-order valence-corrected chi connectivity index (χ0v) is 12.9. The molecular weight excluding hydrogens is 290 g/mol. The number of nitrogens with zero attached hydrogens (tertiary/aromatic N) is 2. The number of hydrogen-bond donors (Lipinski definition) is 2. The minimum atomic E-state index is -3.46. The number of nitrogens with one attached hydrogen (secondary N) is 1. The number of pyridine rings is 1. The van der Waals surface area contributed by atoms with Gasteiger partial charge in [0.2, 0.25) is 10.0 Å². The molecule has 1 aliphatic carbocycles. The molecule has 2 atom stereocenters. The van der Waals surface area contributed by atoms with Crippen LogP contribution < -0.4 is 9.62 Å². The van der Waals surface area contributed by atoms with Crippen LogP contribution >= 0.6 is 0 Å². The molecule has 116 valence electrons. The topological polar surface area (TPSA) is 82.5 Å². The maximum atomic E-state index is 12.1. The Morgan fingerprint density at radius 1 is 1.43 bits per heavy atom. The van der Waals surface area contributed by atoms with E-state index in [-0.39, 0.29) is 17.0 Å². The molecule has 2 fully saturated rings. The molecule has 0 unspecified atom stereocenters. The van der Waals surface area contributed by atoms with Gasteiger partial charge in [-0.15, -0.1) is 0 Å². The van der Waals surface area contributed by atoms with Crippen molar-refractivity contribution in [1.82, 2.24) is 9.71 Å². The fourth-order valence-corrected chi connectivity index (χ4v) is 3.72.